The molecule has 2 atom stereocenters. The van der Waals surface area contributed by atoms with E-state index in [2.05, 4.69) is 0 Å². The fraction of sp³-hybridized carbons (Fsp3) is 0.500. The average Bonchev–Trinajstić information content (AvgIpc) is 2.78. The smallest absolute Gasteiger partial charge is 0.230 e. The molecule has 0 saturated carbocycles. The van der Waals surface area contributed by atoms with Crippen LogP contribution in [0.2, 0.25) is 0 Å². The number of likely N-dealkylation sites (tertiary alicyclic amines) is 1. The van der Waals surface area contributed by atoms with E-state index in [9.17, 15) is 9.90 Å². The van der Waals surface area contributed by atoms with Crippen molar-refractivity contribution >= 4 is 5.91 Å². The molecule has 0 bridgehead atoms. The molecule has 1 heterocycles. The zero-order chi connectivity index (χ0) is 12.3. The van der Waals surface area contributed by atoms with Crippen LogP contribution in [0.25, 0.3) is 0 Å². The zero-order valence-electron chi connectivity index (χ0n) is 10.2. The van der Waals surface area contributed by atoms with Gasteiger partial charge in [-0.25, -0.2) is 0 Å². The van der Waals surface area contributed by atoms with Gasteiger partial charge in [0.15, 0.2) is 0 Å². The molecule has 2 unspecified atom stereocenters. The standard InChI is InChI=1S/C14H19NO2/c1-2-13(11-6-4-3-5-7-11)14(17)15-9-8-12(16)10-15/h3-7,12-13,16H,2,8-10H2,1H3. The molecule has 1 aromatic carbocycles. The summed E-state index contributed by atoms with van der Waals surface area (Å²) in [6, 6.07) is 9.88. The van der Waals surface area contributed by atoms with Crippen LogP contribution in [-0.2, 0) is 4.79 Å². The number of carbonyl (C=O) groups is 1. The molecule has 92 valence electrons. The SMILES string of the molecule is CCC(C(=O)N1CCC(O)C1)c1ccccc1. The second-order valence-corrected chi connectivity index (χ2v) is 4.60. The van der Waals surface area contributed by atoms with E-state index in [1.165, 1.54) is 0 Å². The summed E-state index contributed by atoms with van der Waals surface area (Å²) in [7, 11) is 0. The van der Waals surface area contributed by atoms with Gasteiger partial charge in [-0.1, -0.05) is 37.3 Å². The predicted molar refractivity (Wildman–Crippen MR) is 66.7 cm³/mol. The van der Waals surface area contributed by atoms with Crippen LogP contribution in [-0.4, -0.2) is 35.1 Å². The minimum absolute atomic E-state index is 0.0681. The molecule has 1 fully saturated rings. The maximum atomic E-state index is 12.3. The molecular formula is C14H19NO2. The minimum Gasteiger partial charge on any atom is -0.391 e. The highest BCUT2D eigenvalue weighted by atomic mass is 16.3. The molecule has 1 N–H and O–H groups in total. The highest BCUT2D eigenvalue weighted by molar-refractivity contribution is 5.84. The average molecular weight is 233 g/mol. The van der Waals surface area contributed by atoms with Crippen LogP contribution < -0.4 is 0 Å². The lowest BCUT2D eigenvalue weighted by molar-refractivity contribution is -0.132. The summed E-state index contributed by atoms with van der Waals surface area (Å²) in [6.07, 6.45) is 1.17. The van der Waals surface area contributed by atoms with Crippen molar-refractivity contribution in [2.24, 2.45) is 0 Å². The third-order valence-electron chi connectivity index (χ3n) is 3.38. The number of benzene rings is 1. The van der Waals surface area contributed by atoms with Crippen molar-refractivity contribution in [3.8, 4) is 0 Å². The molecule has 17 heavy (non-hydrogen) atoms. The van der Waals surface area contributed by atoms with Gasteiger partial charge in [0.1, 0.15) is 0 Å². The number of hydrogen-bond acceptors (Lipinski definition) is 2. The normalized spacial score (nSPS) is 21.5. The summed E-state index contributed by atoms with van der Waals surface area (Å²) >= 11 is 0. The van der Waals surface area contributed by atoms with Crippen LogP contribution in [0, 0.1) is 0 Å². The summed E-state index contributed by atoms with van der Waals surface area (Å²) < 4.78 is 0. The van der Waals surface area contributed by atoms with E-state index >= 15 is 0 Å². The second kappa shape index (κ2) is 5.32. The van der Waals surface area contributed by atoms with Gasteiger partial charge in [0.25, 0.3) is 0 Å². The summed E-state index contributed by atoms with van der Waals surface area (Å²) in [4.78, 5) is 14.1. The largest absolute Gasteiger partial charge is 0.391 e. The van der Waals surface area contributed by atoms with Crippen LogP contribution in [0.1, 0.15) is 31.2 Å². The number of hydrogen-bond donors (Lipinski definition) is 1. The van der Waals surface area contributed by atoms with E-state index in [0.29, 0.717) is 19.5 Å². The number of amides is 1. The Morgan fingerprint density at radius 1 is 1.47 bits per heavy atom. The fourth-order valence-electron chi connectivity index (χ4n) is 2.40. The van der Waals surface area contributed by atoms with Gasteiger partial charge in [0.2, 0.25) is 5.91 Å². The molecule has 1 aliphatic rings. The molecule has 0 radical (unpaired) electrons. The molecule has 0 spiro atoms. The molecule has 0 aromatic heterocycles. The Morgan fingerprint density at radius 2 is 2.18 bits per heavy atom. The van der Waals surface area contributed by atoms with E-state index in [1.54, 1.807) is 4.90 Å². The van der Waals surface area contributed by atoms with Crippen molar-refractivity contribution in [2.45, 2.75) is 31.8 Å². The molecule has 3 nitrogen and oxygen atoms in total. The monoisotopic (exact) mass is 233 g/mol. The van der Waals surface area contributed by atoms with E-state index in [0.717, 1.165) is 12.0 Å². The van der Waals surface area contributed by atoms with Gasteiger partial charge in [-0.3, -0.25) is 4.79 Å². The van der Waals surface area contributed by atoms with Gasteiger partial charge in [0.05, 0.1) is 12.0 Å². The zero-order valence-corrected chi connectivity index (χ0v) is 10.2. The highest BCUT2D eigenvalue weighted by Crippen LogP contribution is 2.24. The number of aliphatic hydroxyl groups excluding tert-OH is 1. The van der Waals surface area contributed by atoms with Crippen molar-refractivity contribution in [1.29, 1.82) is 0 Å². The molecule has 1 amide bonds. The first-order valence-electron chi connectivity index (χ1n) is 6.24. The number of carbonyl (C=O) groups excluding carboxylic acids is 1. The molecule has 1 aliphatic heterocycles. The van der Waals surface area contributed by atoms with E-state index in [-0.39, 0.29) is 17.9 Å². The highest BCUT2D eigenvalue weighted by Gasteiger charge is 2.29. The first-order chi connectivity index (χ1) is 8.22. The maximum Gasteiger partial charge on any atom is 0.230 e. The third-order valence-corrected chi connectivity index (χ3v) is 3.38. The number of aliphatic hydroxyl groups is 1. The van der Waals surface area contributed by atoms with Gasteiger partial charge in [0, 0.05) is 13.1 Å². The van der Waals surface area contributed by atoms with Crippen LogP contribution >= 0.6 is 0 Å². The Kier molecular flexibility index (Phi) is 3.79. The van der Waals surface area contributed by atoms with Crippen molar-refractivity contribution in [3.05, 3.63) is 35.9 Å². The second-order valence-electron chi connectivity index (χ2n) is 4.60. The molecule has 1 aromatic rings. The fourth-order valence-corrected chi connectivity index (χ4v) is 2.40. The van der Waals surface area contributed by atoms with Crippen molar-refractivity contribution in [3.63, 3.8) is 0 Å². The van der Waals surface area contributed by atoms with Crippen LogP contribution in [0.15, 0.2) is 30.3 Å². The Hall–Kier alpha value is -1.35. The van der Waals surface area contributed by atoms with Crippen LogP contribution in [0.5, 0.6) is 0 Å². The van der Waals surface area contributed by atoms with Gasteiger partial charge < -0.3 is 10.0 Å². The maximum absolute atomic E-state index is 12.3. The topological polar surface area (TPSA) is 40.5 Å². The first kappa shape index (κ1) is 12.1. The Bertz CT molecular complexity index is 377. The summed E-state index contributed by atoms with van der Waals surface area (Å²) in [5, 5.41) is 9.48. The third kappa shape index (κ3) is 2.67. The first-order valence-corrected chi connectivity index (χ1v) is 6.24. The Balaban J connectivity index is 2.11. The Labute approximate surface area is 102 Å². The lowest BCUT2D eigenvalue weighted by Gasteiger charge is -2.22. The van der Waals surface area contributed by atoms with Crippen LogP contribution in [0.3, 0.4) is 0 Å². The lowest BCUT2D eigenvalue weighted by atomic mass is 9.95. The molecule has 3 heteroatoms. The van der Waals surface area contributed by atoms with Gasteiger partial charge in [-0.15, -0.1) is 0 Å². The van der Waals surface area contributed by atoms with Crippen LogP contribution in [0.4, 0.5) is 0 Å². The number of nitrogens with zero attached hydrogens (tertiary/aromatic N) is 1. The molecule has 0 aliphatic carbocycles. The van der Waals surface area contributed by atoms with Crippen molar-refractivity contribution in [2.75, 3.05) is 13.1 Å². The molecule has 1 saturated heterocycles. The number of β-amino-alcohol motifs (C(OH)–C–C–N with tert-alkyl or cyclic N) is 1. The van der Waals surface area contributed by atoms with E-state index in [4.69, 9.17) is 0 Å². The molecule has 2 rings (SSSR count). The Morgan fingerprint density at radius 3 is 2.71 bits per heavy atom. The number of rotatable bonds is 3. The van der Waals surface area contributed by atoms with Crippen molar-refractivity contribution in [1.82, 2.24) is 4.90 Å². The van der Waals surface area contributed by atoms with E-state index < -0.39 is 0 Å². The van der Waals surface area contributed by atoms with Gasteiger partial charge >= 0.3 is 0 Å². The summed E-state index contributed by atoms with van der Waals surface area (Å²) in [5.41, 5.74) is 1.07. The summed E-state index contributed by atoms with van der Waals surface area (Å²) in [5.74, 6) is 0.0803. The van der Waals surface area contributed by atoms with Gasteiger partial charge in [-0.2, -0.15) is 0 Å². The van der Waals surface area contributed by atoms with E-state index in [1.807, 2.05) is 37.3 Å². The predicted octanol–water partition coefficient (Wildman–Crippen LogP) is 1.77. The van der Waals surface area contributed by atoms with Crippen molar-refractivity contribution < 1.29 is 9.90 Å². The summed E-state index contributed by atoms with van der Waals surface area (Å²) in [6.45, 7) is 3.20. The minimum atomic E-state index is -0.341. The van der Waals surface area contributed by atoms with Gasteiger partial charge in [-0.05, 0) is 18.4 Å². The quantitative estimate of drug-likeness (QED) is 0.864. The lowest BCUT2D eigenvalue weighted by Crippen LogP contribution is -2.33. The molecular weight excluding hydrogens is 214 g/mol.